The normalized spacial score (nSPS) is 12.6. The first-order valence-electron chi connectivity index (χ1n) is 45.6. The van der Waals surface area contributed by atoms with Gasteiger partial charge in [-0.2, -0.15) is 0 Å². The Kier molecular flexibility index (Phi) is 23.7. The molecule has 134 heavy (non-hydrogen) atoms. The molecule has 10 heteroatoms. The minimum Gasteiger partial charge on any atom is -0.399 e. The lowest BCUT2D eigenvalue weighted by atomic mass is 9.78. The lowest BCUT2D eigenvalue weighted by Crippen LogP contribution is -2.41. The molecule has 22 aromatic rings. The van der Waals surface area contributed by atoms with Gasteiger partial charge >= 0.3 is 7.12 Å². The molecule has 3 heterocycles. The number of imidazole rings is 2. The zero-order chi connectivity index (χ0) is 90.5. The third-order valence-corrected chi connectivity index (χ3v) is 26.4. The lowest BCUT2D eigenvalue weighted by Gasteiger charge is -2.32. The maximum atomic E-state index is 6.20. The number of para-hydroxylation sites is 8. The number of rotatable bonds is 18. The minimum absolute atomic E-state index is 0.345. The molecule has 0 spiro atoms. The van der Waals surface area contributed by atoms with Crippen LogP contribution in [-0.4, -0.2) is 37.4 Å². The Labute approximate surface area is 791 Å². The molecule has 0 radical (unpaired) electrons. The Balaban J connectivity index is 0.000000129. The van der Waals surface area contributed by atoms with Crippen LogP contribution in [0.2, 0.25) is 0 Å². The van der Waals surface area contributed by atoms with Crippen molar-refractivity contribution in [2.45, 2.75) is 38.9 Å². The SMILES string of the molecule is Brc1ccc(-c2ccc(-c3ccc(N(c4ccccc4)c4cccc5ccccc45)cc3)cc2)cc1.CC1(C)OB(c2ccc(-c3ccc(-c4nc5ccccc5n4-c4ccccc4)cc3)cc2)OC1(C)C.c1ccc(N(c2ccc(-c3ccc(-c4ccc(-c5ccc(-c6ccc(-c7nc8ccccc8n7-c7ccccc7)cc6)cc5)cc4)cc3)cc2)c2cccc3ccccc23)cc1. The first-order valence-corrected chi connectivity index (χ1v) is 46.4. The van der Waals surface area contributed by atoms with Crippen LogP contribution in [0.4, 0.5) is 34.1 Å². The summed E-state index contributed by atoms with van der Waals surface area (Å²) in [5, 5.41) is 4.92. The molecule has 0 amide bonds. The fourth-order valence-electron chi connectivity index (χ4n) is 18.0. The monoisotopic (exact) mass is 1790 g/mol. The number of aromatic nitrogens is 4. The standard InChI is InChI=1S/C59H41N3.C34H24BrN.C31H29BN2O2/c1-3-14-52(15-4-1)61(57-21-11-13-50-12-7-8-18-55(50)57)54-40-38-49(39-41-54)47-32-30-45(31-33-47)43-24-22-42(23-25-43)44-26-28-46(29-27-44)48-34-36-51(37-35-48)59-60-56-19-9-10-20-58(56)62(59)53-16-5-2-6-17-53;35-30-21-17-27(18-22-30)25-13-15-26(16-14-25)28-19-23-32(24-20-28)36(31-9-2-1-3-10-31)34-12-6-8-29-7-4-5-11-33(29)34;1-30(2)31(3,4)36-32(35-30)25-20-18-23(19-21-25)22-14-16-24(17-15-22)29-33-27-12-8-9-13-28(27)34(29)26-10-6-5-7-11-26/h1-41H;1-24H;5-21H,1-4H3. The molecule has 2 aromatic heterocycles. The molecule has 1 fully saturated rings. The Morgan fingerprint density at radius 1 is 0.231 bits per heavy atom. The summed E-state index contributed by atoms with van der Waals surface area (Å²) in [7, 11) is -0.350. The van der Waals surface area contributed by atoms with Crippen molar-refractivity contribution in [1.82, 2.24) is 19.1 Å². The predicted octanol–water partition coefficient (Wildman–Crippen LogP) is 33.0. The molecule has 0 aliphatic carbocycles. The number of fused-ring (bicyclic) bond motifs is 4. The third-order valence-electron chi connectivity index (χ3n) is 25.9. The van der Waals surface area contributed by atoms with Gasteiger partial charge in [0.2, 0.25) is 0 Å². The summed E-state index contributed by atoms with van der Waals surface area (Å²) >= 11 is 3.51. The fourth-order valence-corrected chi connectivity index (χ4v) is 18.3. The van der Waals surface area contributed by atoms with Gasteiger partial charge in [-0.05, 0) is 243 Å². The van der Waals surface area contributed by atoms with Gasteiger partial charge in [-0.15, -0.1) is 0 Å². The van der Waals surface area contributed by atoms with E-state index in [1.807, 2.05) is 24.3 Å². The molecular formula is C124H94BBrN6O2. The highest BCUT2D eigenvalue weighted by Gasteiger charge is 2.51. The van der Waals surface area contributed by atoms with Crippen molar-refractivity contribution in [2.24, 2.45) is 0 Å². The fraction of sp³-hybridized carbons (Fsp3) is 0.0484. The molecule has 8 nitrogen and oxygen atoms in total. The minimum atomic E-state index is -0.350. The summed E-state index contributed by atoms with van der Waals surface area (Å²) in [5.41, 5.74) is 32.4. The van der Waals surface area contributed by atoms with Crippen LogP contribution in [0, 0.1) is 0 Å². The van der Waals surface area contributed by atoms with Gasteiger partial charge in [-0.3, -0.25) is 9.13 Å². The first kappa shape index (κ1) is 84.7. The van der Waals surface area contributed by atoms with E-state index in [-0.39, 0.29) is 18.3 Å². The number of hydrogen-bond donors (Lipinski definition) is 0. The second-order valence-electron chi connectivity index (χ2n) is 34.8. The van der Waals surface area contributed by atoms with Crippen LogP contribution in [0.15, 0.2) is 502 Å². The number of benzene rings is 20. The van der Waals surface area contributed by atoms with Gasteiger partial charge in [-0.1, -0.05) is 392 Å². The second kappa shape index (κ2) is 37.4. The third kappa shape index (κ3) is 17.6. The van der Waals surface area contributed by atoms with Crippen LogP contribution >= 0.6 is 15.9 Å². The van der Waals surface area contributed by atoms with Gasteiger partial charge in [-0.25, -0.2) is 9.97 Å². The topological polar surface area (TPSA) is 60.6 Å². The second-order valence-corrected chi connectivity index (χ2v) is 35.7. The summed E-state index contributed by atoms with van der Waals surface area (Å²) in [6.45, 7) is 8.31. The van der Waals surface area contributed by atoms with E-state index in [1.54, 1.807) is 0 Å². The average molecular weight is 1790 g/mol. The molecule has 0 atom stereocenters. The van der Waals surface area contributed by atoms with Crippen LogP contribution < -0.4 is 15.3 Å². The number of halogens is 1. The van der Waals surface area contributed by atoms with Crippen LogP contribution in [-0.2, 0) is 9.31 Å². The van der Waals surface area contributed by atoms with Crippen LogP contribution in [0.5, 0.6) is 0 Å². The van der Waals surface area contributed by atoms with E-state index in [0.29, 0.717) is 0 Å². The molecule has 642 valence electrons. The average Bonchev–Trinajstić information content (AvgIpc) is 1.65. The van der Waals surface area contributed by atoms with Crippen molar-refractivity contribution in [3.05, 3.63) is 502 Å². The maximum Gasteiger partial charge on any atom is 0.494 e. The maximum absolute atomic E-state index is 6.20. The van der Waals surface area contributed by atoms with E-state index in [4.69, 9.17) is 19.3 Å². The predicted molar refractivity (Wildman–Crippen MR) is 565 cm³/mol. The molecule has 1 aliphatic rings. The van der Waals surface area contributed by atoms with E-state index in [2.05, 4.69) is 536 Å². The van der Waals surface area contributed by atoms with E-state index in [9.17, 15) is 0 Å². The summed E-state index contributed by atoms with van der Waals surface area (Å²) in [4.78, 5) is 14.7. The summed E-state index contributed by atoms with van der Waals surface area (Å²) < 4.78 is 18.0. The Bertz CT molecular complexity index is 7810. The Morgan fingerprint density at radius 3 is 0.791 bits per heavy atom. The first-order chi connectivity index (χ1) is 65.8. The Morgan fingerprint density at radius 2 is 0.470 bits per heavy atom. The summed E-state index contributed by atoms with van der Waals surface area (Å²) in [6.07, 6.45) is 0. The van der Waals surface area contributed by atoms with Gasteiger partial charge in [0.05, 0.1) is 44.6 Å². The molecule has 0 N–H and O–H groups in total. The number of hydrogen-bond acceptors (Lipinski definition) is 6. The van der Waals surface area contributed by atoms with Crippen molar-refractivity contribution >= 4 is 106 Å². The number of nitrogens with zero attached hydrogens (tertiary/aromatic N) is 6. The van der Waals surface area contributed by atoms with Crippen LogP contribution in [0.3, 0.4) is 0 Å². The molecule has 0 saturated carbocycles. The van der Waals surface area contributed by atoms with Crippen molar-refractivity contribution < 1.29 is 9.31 Å². The summed E-state index contributed by atoms with van der Waals surface area (Å²) in [6, 6.07) is 176. The smallest absolute Gasteiger partial charge is 0.399 e. The van der Waals surface area contributed by atoms with Crippen LogP contribution in [0.1, 0.15) is 27.7 Å². The van der Waals surface area contributed by atoms with Crippen molar-refractivity contribution in [2.75, 3.05) is 9.80 Å². The lowest BCUT2D eigenvalue weighted by molar-refractivity contribution is 0.00578. The largest absolute Gasteiger partial charge is 0.494 e. The van der Waals surface area contributed by atoms with E-state index in [0.717, 1.165) is 106 Å². The van der Waals surface area contributed by atoms with Crippen molar-refractivity contribution in [3.63, 3.8) is 0 Å². The van der Waals surface area contributed by atoms with Crippen molar-refractivity contribution in [3.8, 4) is 112 Å². The van der Waals surface area contributed by atoms with Gasteiger partial charge in [0.25, 0.3) is 0 Å². The zero-order valence-electron chi connectivity index (χ0n) is 74.8. The van der Waals surface area contributed by atoms with Crippen LogP contribution in [0.25, 0.3) is 156 Å². The van der Waals surface area contributed by atoms with Gasteiger partial charge in [0, 0.05) is 60.5 Å². The Hall–Kier alpha value is -16.1. The molecule has 1 saturated heterocycles. The molecule has 1 aliphatic heterocycles. The molecule has 0 unspecified atom stereocenters. The molecule has 20 aromatic carbocycles. The zero-order valence-corrected chi connectivity index (χ0v) is 76.4. The van der Waals surface area contributed by atoms with Gasteiger partial charge < -0.3 is 19.1 Å². The molecular weight excluding hydrogens is 1700 g/mol. The highest BCUT2D eigenvalue weighted by Crippen LogP contribution is 2.45. The van der Waals surface area contributed by atoms with E-state index < -0.39 is 0 Å². The molecule has 23 rings (SSSR count). The summed E-state index contributed by atoms with van der Waals surface area (Å²) in [5.74, 6) is 1.87. The van der Waals surface area contributed by atoms with Gasteiger partial charge in [0.1, 0.15) is 11.6 Å². The number of anilines is 6. The van der Waals surface area contributed by atoms with E-state index in [1.165, 1.54) is 94.0 Å². The van der Waals surface area contributed by atoms with E-state index >= 15 is 0 Å². The van der Waals surface area contributed by atoms with Gasteiger partial charge in [0.15, 0.2) is 0 Å². The highest BCUT2D eigenvalue weighted by atomic mass is 79.9. The highest BCUT2D eigenvalue weighted by molar-refractivity contribution is 9.10. The quantitative estimate of drug-likeness (QED) is 0.0798. The molecule has 0 bridgehead atoms. The van der Waals surface area contributed by atoms with Crippen molar-refractivity contribution in [1.29, 1.82) is 0 Å².